The van der Waals surface area contributed by atoms with E-state index in [0.29, 0.717) is 33.3 Å². The lowest BCUT2D eigenvalue weighted by Crippen LogP contribution is -2.12. The van der Waals surface area contributed by atoms with Gasteiger partial charge in [0.05, 0.1) is 23.9 Å². The summed E-state index contributed by atoms with van der Waals surface area (Å²) in [6, 6.07) is 14.1. The van der Waals surface area contributed by atoms with Crippen LogP contribution in [0, 0.1) is 0 Å². The average Bonchev–Trinajstić information content (AvgIpc) is 2.68. The van der Waals surface area contributed by atoms with Crippen LogP contribution in [-0.4, -0.2) is 26.4 Å². The molecule has 0 unspecified atom stereocenters. The van der Waals surface area contributed by atoms with Crippen molar-refractivity contribution in [3.05, 3.63) is 71.4 Å². The Morgan fingerprint density at radius 1 is 1.11 bits per heavy atom. The van der Waals surface area contributed by atoms with E-state index in [1.807, 2.05) is 0 Å². The third-order valence-corrected chi connectivity index (χ3v) is 5.18. The highest BCUT2D eigenvalue weighted by Crippen LogP contribution is 2.30. The molecule has 3 aromatic rings. The standard InChI is InChI=1S/C19H16ClN3O4S/c1-27-18-9-5-14(11-22-18)23-19(24)13-4-8-17(20)16(10-13)12-2-6-15(7-3-12)28(21,25)26/h2-11H,1H3,(H,23,24)(H2,21,25,26). The van der Waals surface area contributed by atoms with Crippen molar-refractivity contribution in [1.29, 1.82) is 0 Å². The number of nitrogens with two attached hydrogens (primary N) is 1. The number of nitrogens with zero attached hydrogens (tertiary/aromatic N) is 1. The Morgan fingerprint density at radius 3 is 2.39 bits per heavy atom. The number of anilines is 1. The smallest absolute Gasteiger partial charge is 0.255 e. The van der Waals surface area contributed by atoms with Crippen molar-refractivity contribution in [1.82, 2.24) is 4.98 Å². The second-order valence-corrected chi connectivity index (χ2v) is 7.78. The number of hydrogen-bond acceptors (Lipinski definition) is 5. The highest BCUT2D eigenvalue weighted by Gasteiger charge is 2.13. The lowest BCUT2D eigenvalue weighted by atomic mass is 10.0. The minimum Gasteiger partial charge on any atom is -0.481 e. The van der Waals surface area contributed by atoms with Crippen LogP contribution < -0.4 is 15.2 Å². The van der Waals surface area contributed by atoms with Crippen LogP contribution in [0.3, 0.4) is 0 Å². The summed E-state index contributed by atoms with van der Waals surface area (Å²) >= 11 is 6.26. The first-order valence-corrected chi connectivity index (χ1v) is 9.94. The van der Waals surface area contributed by atoms with E-state index in [-0.39, 0.29) is 10.8 Å². The molecule has 0 aliphatic rings. The maximum absolute atomic E-state index is 12.5. The molecule has 0 atom stereocenters. The molecule has 1 heterocycles. The number of pyridine rings is 1. The molecule has 3 N–H and O–H groups in total. The lowest BCUT2D eigenvalue weighted by Gasteiger charge is -2.10. The molecule has 0 aliphatic heterocycles. The molecular formula is C19H16ClN3O4S. The molecule has 1 aromatic heterocycles. The molecule has 0 spiro atoms. The van der Waals surface area contributed by atoms with Crippen LogP contribution in [0.4, 0.5) is 5.69 Å². The zero-order valence-electron chi connectivity index (χ0n) is 14.7. The minimum absolute atomic E-state index is 0.00623. The average molecular weight is 418 g/mol. The number of hydrogen-bond donors (Lipinski definition) is 2. The van der Waals surface area contributed by atoms with E-state index in [1.165, 1.54) is 25.4 Å². The molecule has 7 nitrogen and oxygen atoms in total. The number of primary sulfonamides is 1. The van der Waals surface area contributed by atoms with E-state index >= 15 is 0 Å². The van der Waals surface area contributed by atoms with Crippen molar-refractivity contribution in [3.63, 3.8) is 0 Å². The lowest BCUT2D eigenvalue weighted by molar-refractivity contribution is 0.102. The fourth-order valence-electron chi connectivity index (χ4n) is 2.49. The summed E-state index contributed by atoms with van der Waals surface area (Å²) in [4.78, 5) is 16.6. The number of benzene rings is 2. The third kappa shape index (κ3) is 4.48. The number of aromatic nitrogens is 1. The summed E-state index contributed by atoms with van der Waals surface area (Å²) in [5, 5.41) is 8.27. The number of methoxy groups -OCH3 is 1. The van der Waals surface area contributed by atoms with E-state index < -0.39 is 10.0 Å². The van der Waals surface area contributed by atoms with Gasteiger partial charge in [0.2, 0.25) is 15.9 Å². The number of halogens is 1. The maximum Gasteiger partial charge on any atom is 0.255 e. The van der Waals surface area contributed by atoms with Crippen molar-refractivity contribution in [3.8, 4) is 17.0 Å². The fraction of sp³-hybridized carbons (Fsp3) is 0.0526. The molecule has 0 bridgehead atoms. The minimum atomic E-state index is -3.79. The summed E-state index contributed by atoms with van der Waals surface area (Å²) < 4.78 is 27.8. The zero-order chi connectivity index (χ0) is 20.3. The van der Waals surface area contributed by atoms with Gasteiger partial charge < -0.3 is 10.1 Å². The number of ether oxygens (including phenoxy) is 1. The molecular weight excluding hydrogens is 402 g/mol. The molecule has 0 aliphatic carbocycles. The van der Waals surface area contributed by atoms with E-state index in [2.05, 4.69) is 10.3 Å². The van der Waals surface area contributed by atoms with Crippen molar-refractivity contribution < 1.29 is 17.9 Å². The van der Waals surface area contributed by atoms with Crippen LogP contribution in [0.15, 0.2) is 65.7 Å². The van der Waals surface area contributed by atoms with Crippen molar-refractivity contribution >= 4 is 33.2 Å². The summed E-state index contributed by atoms with van der Waals surface area (Å²) in [6.07, 6.45) is 1.49. The van der Waals surface area contributed by atoms with Gasteiger partial charge in [-0.25, -0.2) is 18.5 Å². The SMILES string of the molecule is COc1ccc(NC(=O)c2ccc(Cl)c(-c3ccc(S(N)(=O)=O)cc3)c2)cn1. The van der Waals surface area contributed by atoms with Gasteiger partial charge >= 0.3 is 0 Å². The van der Waals surface area contributed by atoms with Gasteiger partial charge in [-0.05, 0) is 42.0 Å². The topological polar surface area (TPSA) is 111 Å². The summed E-state index contributed by atoms with van der Waals surface area (Å²) in [5.74, 6) is 0.0979. The van der Waals surface area contributed by atoms with Crippen LogP contribution in [0.25, 0.3) is 11.1 Å². The number of carbonyl (C=O) groups is 1. The van der Waals surface area contributed by atoms with Crippen molar-refractivity contribution in [2.75, 3.05) is 12.4 Å². The van der Waals surface area contributed by atoms with E-state index in [1.54, 1.807) is 42.5 Å². The Morgan fingerprint density at radius 2 is 1.82 bits per heavy atom. The monoisotopic (exact) mass is 417 g/mol. The molecule has 2 aromatic carbocycles. The highest BCUT2D eigenvalue weighted by molar-refractivity contribution is 7.89. The van der Waals surface area contributed by atoms with Gasteiger partial charge in [-0.1, -0.05) is 23.7 Å². The third-order valence-electron chi connectivity index (χ3n) is 3.93. The number of carbonyl (C=O) groups excluding carboxylic acids is 1. The molecule has 9 heteroatoms. The summed E-state index contributed by atoms with van der Waals surface area (Å²) in [7, 11) is -2.28. The van der Waals surface area contributed by atoms with E-state index in [0.717, 1.165) is 0 Å². The van der Waals surface area contributed by atoms with E-state index in [9.17, 15) is 13.2 Å². The first-order chi connectivity index (χ1) is 13.3. The van der Waals surface area contributed by atoms with Crippen LogP contribution in [0.2, 0.25) is 5.02 Å². The fourth-order valence-corrected chi connectivity index (χ4v) is 3.23. The van der Waals surface area contributed by atoms with Crippen LogP contribution in [-0.2, 0) is 10.0 Å². The van der Waals surface area contributed by atoms with Crippen molar-refractivity contribution in [2.45, 2.75) is 4.90 Å². The van der Waals surface area contributed by atoms with Gasteiger partial charge in [0.15, 0.2) is 0 Å². The maximum atomic E-state index is 12.5. The Labute approximate surface area is 167 Å². The summed E-state index contributed by atoms with van der Waals surface area (Å²) in [6.45, 7) is 0. The first kappa shape index (κ1) is 19.8. The predicted molar refractivity (Wildman–Crippen MR) is 107 cm³/mol. The van der Waals surface area contributed by atoms with Gasteiger partial charge in [-0.2, -0.15) is 0 Å². The van der Waals surface area contributed by atoms with Crippen molar-refractivity contribution in [2.24, 2.45) is 5.14 Å². The molecule has 0 fully saturated rings. The molecule has 28 heavy (non-hydrogen) atoms. The second-order valence-electron chi connectivity index (χ2n) is 5.81. The Bertz CT molecular complexity index is 1110. The van der Waals surface area contributed by atoms with Gasteiger partial charge in [-0.3, -0.25) is 4.79 Å². The van der Waals surface area contributed by atoms with Crippen LogP contribution in [0.5, 0.6) is 5.88 Å². The Balaban J connectivity index is 1.87. The second kappa shape index (κ2) is 7.97. The zero-order valence-corrected chi connectivity index (χ0v) is 16.3. The molecule has 1 amide bonds. The molecule has 0 saturated heterocycles. The normalized spacial score (nSPS) is 11.1. The molecule has 0 saturated carbocycles. The highest BCUT2D eigenvalue weighted by atomic mass is 35.5. The Kier molecular flexibility index (Phi) is 5.64. The quantitative estimate of drug-likeness (QED) is 0.661. The molecule has 0 radical (unpaired) electrons. The van der Waals surface area contributed by atoms with Gasteiger partial charge in [0.1, 0.15) is 0 Å². The number of nitrogens with one attached hydrogen (secondary N) is 1. The predicted octanol–water partition coefficient (Wildman–Crippen LogP) is 3.31. The number of rotatable bonds is 5. The van der Waals surface area contributed by atoms with Gasteiger partial charge in [-0.15, -0.1) is 0 Å². The number of amides is 1. The van der Waals surface area contributed by atoms with E-state index in [4.69, 9.17) is 21.5 Å². The van der Waals surface area contributed by atoms with Crippen LogP contribution in [0.1, 0.15) is 10.4 Å². The Hall–Kier alpha value is -2.94. The summed E-state index contributed by atoms with van der Waals surface area (Å²) in [5.41, 5.74) is 2.13. The van der Waals surface area contributed by atoms with Gasteiger partial charge in [0, 0.05) is 22.2 Å². The first-order valence-electron chi connectivity index (χ1n) is 8.02. The molecule has 3 rings (SSSR count). The largest absolute Gasteiger partial charge is 0.481 e. The molecule has 144 valence electrons. The van der Waals surface area contributed by atoms with Crippen LogP contribution >= 0.6 is 11.6 Å². The number of sulfonamides is 1. The van der Waals surface area contributed by atoms with Gasteiger partial charge in [0.25, 0.3) is 5.91 Å².